The van der Waals surface area contributed by atoms with Gasteiger partial charge >= 0.3 is 0 Å². The molecule has 6 heteroatoms. The molecule has 3 N–H and O–H groups in total. The molecular weight excluding hydrogens is 345 g/mol. The lowest BCUT2D eigenvalue weighted by atomic mass is 10.0. The molecule has 138 valence electrons. The quantitative estimate of drug-likeness (QED) is 0.628. The van der Waals surface area contributed by atoms with Gasteiger partial charge < -0.3 is 15.6 Å². The second kappa shape index (κ2) is 7.23. The first-order valence-corrected chi connectivity index (χ1v) is 9.02. The summed E-state index contributed by atoms with van der Waals surface area (Å²) in [5.41, 5.74) is 2.26. The Morgan fingerprint density at radius 3 is 2.59 bits per heavy atom. The molecule has 4 rings (SSSR count). The fourth-order valence-corrected chi connectivity index (χ4v) is 3.10. The van der Waals surface area contributed by atoms with Crippen molar-refractivity contribution in [2.75, 3.05) is 0 Å². The molecule has 2 amide bonds. The van der Waals surface area contributed by atoms with Crippen molar-refractivity contribution in [2.24, 2.45) is 0 Å². The van der Waals surface area contributed by atoms with E-state index in [-0.39, 0.29) is 11.9 Å². The number of amides is 2. The molecular formula is C21H20FN3O2. The van der Waals surface area contributed by atoms with E-state index in [2.05, 4.69) is 15.6 Å². The highest BCUT2D eigenvalue weighted by Gasteiger charge is 2.29. The van der Waals surface area contributed by atoms with Crippen molar-refractivity contribution in [3.63, 3.8) is 0 Å². The van der Waals surface area contributed by atoms with E-state index < -0.39 is 17.8 Å². The van der Waals surface area contributed by atoms with Crippen LogP contribution in [0.2, 0.25) is 0 Å². The maximum atomic E-state index is 13.1. The number of aromatic nitrogens is 1. The molecule has 1 heterocycles. The maximum absolute atomic E-state index is 13.1. The normalized spacial score (nSPS) is 14.7. The van der Waals surface area contributed by atoms with Crippen LogP contribution in [0, 0.1) is 5.82 Å². The van der Waals surface area contributed by atoms with Crippen molar-refractivity contribution in [3.8, 4) is 0 Å². The molecule has 1 aliphatic rings. The van der Waals surface area contributed by atoms with Gasteiger partial charge in [-0.2, -0.15) is 0 Å². The third-order valence-electron chi connectivity index (χ3n) is 4.75. The molecule has 0 bridgehead atoms. The molecule has 0 spiro atoms. The van der Waals surface area contributed by atoms with E-state index in [0.29, 0.717) is 12.0 Å². The van der Waals surface area contributed by atoms with E-state index in [0.717, 1.165) is 29.3 Å². The lowest BCUT2D eigenvalue weighted by Crippen LogP contribution is -2.48. The molecule has 2 aromatic carbocycles. The summed E-state index contributed by atoms with van der Waals surface area (Å²) >= 11 is 0. The van der Waals surface area contributed by atoms with Gasteiger partial charge in [-0.1, -0.05) is 18.2 Å². The van der Waals surface area contributed by atoms with E-state index in [4.69, 9.17) is 0 Å². The highest BCUT2D eigenvalue weighted by atomic mass is 19.1. The predicted octanol–water partition coefficient (Wildman–Crippen LogP) is 2.93. The van der Waals surface area contributed by atoms with Crippen molar-refractivity contribution in [1.29, 1.82) is 0 Å². The van der Waals surface area contributed by atoms with Crippen LogP contribution in [0.3, 0.4) is 0 Å². The summed E-state index contributed by atoms with van der Waals surface area (Å²) in [4.78, 5) is 28.4. The molecule has 0 unspecified atom stereocenters. The third-order valence-corrected chi connectivity index (χ3v) is 4.75. The van der Waals surface area contributed by atoms with E-state index in [9.17, 15) is 14.0 Å². The van der Waals surface area contributed by atoms with Crippen LogP contribution in [0.15, 0.2) is 54.7 Å². The number of carbonyl (C=O) groups is 2. The summed E-state index contributed by atoms with van der Waals surface area (Å²) in [5.74, 6) is -1.00. The number of hydrogen-bond donors (Lipinski definition) is 3. The molecule has 1 atom stereocenters. The second-order valence-corrected chi connectivity index (χ2v) is 6.88. The van der Waals surface area contributed by atoms with Gasteiger partial charge in [0.2, 0.25) is 5.91 Å². The number of carbonyl (C=O) groups excluding carboxylic acids is 2. The van der Waals surface area contributed by atoms with E-state index in [1.54, 1.807) is 0 Å². The summed E-state index contributed by atoms with van der Waals surface area (Å²) < 4.78 is 13.1. The highest BCUT2D eigenvalue weighted by molar-refractivity contribution is 5.98. The average Bonchev–Trinajstić information content (AvgIpc) is 3.40. The molecule has 0 radical (unpaired) electrons. The minimum Gasteiger partial charge on any atom is -0.361 e. The van der Waals surface area contributed by atoms with Crippen LogP contribution in [0.4, 0.5) is 4.39 Å². The van der Waals surface area contributed by atoms with Crippen molar-refractivity contribution < 1.29 is 14.0 Å². The maximum Gasteiger partial charge on any atom is 0.251 e. The molecule has 1 aromatic heterocycles. The van der Waals surface area contributed by atoms with Gasteiger partial charge in [0.15, 0.2) is 0 Å². The smallest absolute Gasteiger partial charge is 0.251 e. The summed E-state index contributed by atoms with van der Waals surface area (Å²) in [7, 11) is 0. The fraction of sp³-hybridized carbons (Fsp3) is 0.238. The topological polar surface area (TPSA) is 74.0 Å². The van der Waals surface area contributed by atoms with Gasteiger partial charge in [0, 0.05) is 35.1 Å². The number of benzene rings is 2. The zero-order valence-corrected chi connectivity index (χ0v) is 14.7. The third kappa shape index (κ3) is 4.00. The van der Waals surface area contributed by atoms with Crippen LogP contribution in [0.5, 0.6) is 0 Å². The van der Waals surface area contributed by atoms with Crippen LogP contribution in [0.25, 0.3) is 10.9 Å². The Labute approximate surface area is 156 Å². The first-order valence-electron chi connectivity index (χ1n) is 9.02. The van der Waals surface area contributed by atoms with Gasteiger partial charge in [0.25, 0.3) is 5.91 Å². The SMILES string of the molecule is O=C(N[C@@H](Cc1c[nH]c2ccccc12)C(=O)NC1CC1)c1ccc(F)cc1. The molecule has 1 saturated carbocycles. The highest BCUT2D eigenvalue weighted by Crippen LogP contribution is 2.21. The molecule has 1 fully saturated rings. The number of nitrogens with one attached hydrogen (secondary N) is 3. The van der Waals surface area contributed by atoms with E-state index >= 15 is 0 Å². The molecule has 1 aliphatic carbocycles. The number of halogens is 1. The van der Waals surface area contributed by atoms with Gasteiger partial charge in [-0.15, -0.1) is 0 Å². The second-order valence-electron chi connectivity index (χ2n) is 6.88. The number of fused-ring (bicyclic) bond motifs is 1. The number of para-hydroxylation sites is 1. The standard InChI is InChI=1S/C21H20FN3O2/c22-15-7-5-13(6-8-15)20(26)25-19(21(27)24-16-9-10-16)11-14-12-23-18-4-2-1-3-17(14)18/h1-8,12,16,19,23H,9-11H2,(H,24,27)(H,25,26)/t19-/m0/s1. The van der Waals surface area contributed by atoms with Gasteiger partial charge in [0.1, 0.15) is 11.9 Å². The van der Waals surface area contributed by atoms with Crippen molar-refractivity contribution in [2.45, 2.75) is 31.3 Å². The Kier molecular flexibility index (Phi) is 4.62. The Bertz CT molecular complexity index is 977. The lowest BCUT2D eigenvalue weighted by molar-refractivity contribution is -0.123. The summed E-state index contributed by atoms with van der Waals surface area (Å²) in [5, 5.41) is 6.78. The van der Waals surface area contributed by atoms with E-state index in [1.165, 1.54) is 24.3 Å². The Morgan fingerprint density at radius 1 is 1.11 bits per heavy atom. The first-order chi connectivity index (χ1) is 13.1. The van der Waals surface area contributed by atoms with Crippen LogP contribution < -0.4 is 10.6 Å². The number of hydrogen-bond acceptors (Lipinski definition) is 2. The van der Waals surface area contributed by atoms with Crippen molar-refractivity contribution in [3.05, 3.63) is 71.7 Å². The number of rotatable bonds is 6. The summed E-state index contributed by atoms with van der Waals surface area (Å²) in [6.45, 7) is 0. The first kappa shape index (κ1) is 17.3. The number of aromatic amines is 1. The molecule has 27 heavy (non-hydrogen) atoms. The summed E-state index contributed by atoms with van der Waals surface area (Å²) in [6, 6.07) is 12.6. The Balaban J connectivity index is 1.55. The van der Waals surface area contributed by atoms with Gasteiger partial charge in [-0.05, 0) is 48.7 Å². The monoisotopic (exact) mass is 365 g/mol. The largest absolute Gasteiger partial charge is 0.361 e. The average molecular weight is 365 g/mol. The van der Waals surface area contributed by atoms with Crippen LogP contribution >= 0.6 is 0 Å². The van der Waals surface area contributed by atoms with Crippen molar-refractivity contribution >= 4 is 22.7 Å². The van der Waals surface area contributed by atoms with Gasteiger partial charge in [-0.3, -0.25) is 9.59 Å². The van der Waals surface area contributed by atoms with Crippen LogP contribution in [0.1, 0.15) is 28.8 Å². The fourth-order valence-electron chi connectivity index (χ4n) is 3.10. The minimum atomic E-state index is -0.706. The minimum absolute atomic E-state index is 0.196. The molecule has 3 aromatic rings. The van der Waals surface area contributed by atoms with Crippen LogP contribution in [-0.2, 0) is 11.2 Å². The van der Waals surface area contributed by atoms with Gasteiger partial charge in [-0.25, -0.2) is 4.39 Å². The zero-order chi connectivity index (χ0) is 18.8. The van der Waals surface area contributed by atoms with Crippen LogP contribution in [-0.4, -0.2) is 28.9 Å². The molecule has 0 aliphatic heterocycles. The Hall–Kier alpha value is -3.15. The molecule has 0 saturated heterocycles. The van der Waals surface area contributed by atoms with Crippen molar-refractivity contribution in [1.82, 2.24) is 15.6 Å². The van der Waals surface area contributed by atoms with E-state index in [1.807, 2.05) is 30.5 Å². The van der Waals surface area contributed by atoms with Gasteiger partial charge in [0.05, 0.1) is 0 Å². The lowest BCUT2D eigenvalue weighted by Gasteiger charge is -2.18. The predicted molar refractivity (Wildman–Crippen MR) is 101 cm³/mol. The zero-order valence-electron chi connectivity index (χ0n) is 14.7. The molecule has 5 nitrogen and oxygen atoms in total. The summed E-state index contributed by atoms with van der Waals surface area (Å²) in [6.07, 6.45) is 4.18. The number of H-pyrrole nitrogens is 1. The Morgan fingerprint density at radius 2 is 1.85 bits per heavy atom.